The second kappa shape index (κ2) is 9.64. The van der Waals surface area contributed by atoms with Crippen LogP contribution in [0.15, 0.2) is 58.3 Å². The van der Waals surface area contributed by atoms with Gasteiger partial charge in [0, 0.05) is 25.6 Å². The van der Waals surface area contributed by atoms with E-state index in [0.717, 1.165) is 24.1 Å². The smallest absolute Gasteiger partial charge is 0.333 e. The summed E-state index contributed by atoms with van der Waals surface area (Å²) in [5.41, 5.74) is 2.13. The number of imidazole rings is 1. The van der Waals surface area contributed by atoms with E-state index in [9.17, 15) is 14.4 Å². The summed E-state index contributed by atoms with van der Waals surface area (Å²) in [5.74, 6) is 0.377. The number of unbranched alkanes of at least 4 members (excludes halogenated alkanes) is 1. The van der Waals surface area contributed by atoms with Gasteiger partial charge in [-0.2, -0.15) is 0 Å². The Morgan fingerprint density at radius 2 is 1.88 bits per heavy atom. The number of nitrogens with zero attached hydrogens (tertiary/aromatic N) is 4. The van der Waals surface area contributed by atoms with Gasteiger partial charge in [-0.25, -0.2) is 9.78 Å². The van der Waals surface area contributed by atoms with Crippen molar-refractivity contribution < 1.29 is 4.79 Å². The van der Waals surface area contributed by atoms with Crippen LogP contribution >= 0.6 is 0 Å². The van der Waals surface area contributed by atoms with Gasteiger partial charge in [0.1, 0.15) is 11.3 Å². The minimum Gasteiger partial charge on any atom is -0.336 e. The molecule has 0 aliphatic carbocycles. The van der Waals surface area contributed by atoms with Gasteiger partial charge in [0.25, 0.3) is 5.56 Å². The third-order valence-electron chi connectivity index (χ3n) is 5.32. The second-order valence-corrected chi connectivity index (χ2v) is 7.94. The molecular weight excluding hydrogens is 420 g/mol. The summed E-state index contributed by atoms with van der Waals surface area (Å²) in [7, 11) is 0. The van der Waals surface area contributed by atoms with Crippen molar-refractivity contribution >= 4 is 22.8 Å². The van der Waals surface area contributed by atoms with E-state index < -0.39 is 0 Å². The van der Waals surface area contributed by atoms with Gasteiger partial charge in [-0.05, 0) is 24.1 Å². The molecule has 4 rings (SSSR count). The van der Waals surface area contributed by atoms with Crippen LogP contribution in [0, 0.1) is 0 Å². The molecule has 1 aromatic carbocycles. The number of carbonyl (C=O) groups is 1. The molecule has 0 saturated heterocycles. The van der Waals surface area contributed by atoms with Gasteiger partial charge in [-0.15, -0.1) is 0 Å². The Labute approximate surface area is 190 Å². The van der Waals surface area contributed by atoms with Crippen molar-refractivity contribution in [2.45, 2.75) is 46.2 Å². The van der Waals surface area contributed by atoms with Gasteiger partial charge in [-0.1, -0.05) is 43.7 Å². The monoisotopic (exact) mass is 446 g/mol. The highest BCUT2D eigenvalue weighted by molar-refractivity contribution is 5.88. The van der Waals surface area contributed by atoms with Crippen LogP contribution in [0.5, 0.6) is 0 Å². The molecule has 0 aliphatic rings. The maximum absolute atomic E-state index is 13.2. The number of H-pyrrole nitrogens is 1. The fourth-order valence-electron chi connectivity index (χ4n) is 3.70. The molecule has 9 nitrogen and oxygen atoms in total. The fourth-order valence-corrected chi connectivity index (χ4v) is 3.70. The largest absolute Gasteiger partial charge is 0.336 e. The second-order valence-electron chi connectivity index (χ2n) is 7.94. The van der Waals surface area contributed by atoms with Crippen molar-refractivity contribution in [3.63, 3.8) is 0 Å². The highest BCUT2D eigenvalue weighted by atomic mass is 16.2. The summed E-state index contributed by atoms with van der Waals surface area (Å²) < 4.78 is 2.84. The minimum absolute atomic E-state index is 0.168. The number of anilines is 1. The first-order valence-corrected chi connectivity index (χ1v) is 10.9. The lowest BCUT2D eigenvalue weighted by Gasteiger charge is -2.11. The first-order valence-electron chi connectivity index (χ1n) is 10.9. The summed E-state index contributed by atoms with van der Waals surface area (Å²) in [5, 5.41) is 2.68. The van der Waals surface area contributed by atoms with E-state index in [2.05, 4.69) is 27.2 Å². The molecule has 170 valence electrons. The minimum atomic E-state index is -0.390. The molecule has 0 spiro atoms. The van der Waals surface area contributed by atoms with Crippen LogP contribution in [0.1, 0.15) is 43.8 Å². The molecule has 4 aromatic rings. The van der Waals surface area contributed by atoms with Gasteiger partial charge in [-0.3, -0.25) is 23.7 Å². The molecule has 2 N–H and O–H groups in total. The Balaban J connectivity index is 1.73. The maximum Gasteiger partial charge on any atom is 0.333 e. The molecule has 3 aromatic heterocycles. The van der Waals surface area contributed by atoms with Crippen LogP contribution in [0.25, 0.3) is 11.2 Å². The van der Waals surface area contributed by atoms with Crippen molar-refractivity contribution in [3.8, 4) is 0 Å². The molecule has 0 atom stereocenters. The third-order valence-corrected chi connectivity index (χ3v) is 5.32. The molecule has 0 saturated carbocycles. The molecule has 0 fully saturated rings. The van der Waals surface area contributed by atoms with E-state index in [-0.39, 0.29) is 23.7 Å². The molecule has 0 bridgehead atoms. The first kappa shape index (κ1) is 22.2. The Hall–Kier alpha value is -4.01. The maximum atomic E-state index is 13.2. The highest BCUT2D eigenvalue weighted by Gasteiger charge is 2.18. The highest BCUT2D eigenvalue weighted by Crippen LogP contribution is 2.13. The van der Waals surface area contributed by atoms with Gasteiger partial charge in [0.15, 0.2) is 5.65 Å². The summed E-state index contributed by atoms with van der Waals surface area (Å²) in [6, 6.07) is 13.0. The van der Waals surface area contributed by atoms with Gasteiger partial charge in [0.2, 0.25) is 5.91 Å². The van der Waals surface area contributed by atoms with Crippen LogP contribution in [0.4, 0.5) is 5.69 Å². The van der Waals surface area contributed by atoms with Crippen molar-refractivity contribution in [3.05, 3.63) is 86.6 Å². The topological polar surface area (TPSA) is 115 Å². The number of rotatable bonds is 8. The lowest BCUT2D eigenvalue weighted by molar-refractivity contribution is -0.114. The Morgan fingerprint density at radius 1 is 1.09 bits per heavy atom. The Morgan fingerprint density at radius 3 is 2.55 bits per heavy atom. The number of aromatic amines is 1. The van der Waals surface area contributed by atoms with Crippen LogP contribution in [-0.4, -0.2) is 30.0 Å². The number of amides is 1. The molecule has 0 aliphatic heterocycles. The molecule has 9 heteroatoms. The molecule has 33 heavy (non-hydrogen) atoms. The number of carbonyl (C=O) groups excluding carboxylic acids is 1. The number of nitrogens with one attached hydrogen (secondary N) is 2. The average Bonchev–Trinajstić information content (AvgIpc) is 3.22. The zero-order valence-corrected chi connectivity index (χ0v) is 18.7. The summed E-state index contributed by atoms with van der Waals surface area (Å²) >= 11 is 0. The summed E-state index contributed by atoms with van der Waals surface area (Å²) in [6.45, 7) is 4.16. The fraction of sp³-hybridized carbons (Fsp3) is 0.292. The SMILES string of the molecule is CCCCn1c(=O)n(Cc2ccccc2)c(=O)c2[nH]c(Cc3ccc(NC(C)=O)cn3)nc21. The van der Waals surface area contributed by atoms with Gasteiger partial charge in [0.05, 0.1) is 18.4 Å². The third kappa shape index (κ3) is 4.92. The number of fused-ring (bicyclic) bond motifs is 1. The van der Waals surface area contributed by atoms with Crippen molar-refractivity contribution in [1.29, 1.82) is 0 Å². The first-order chi connectivity index (χ1) is 16.0. The number of hydrogen-bond acceptors (Lipinski definition) is 5. The van der Waals surface area contributed by atoms with Crippen LogP contribution in [0.2, 0.25) is 0 Å². The Bertz CT molecular complexity index is 1380. The van der Waals surface area contributed by atoms with Crippen molar-refractivity contribution in [1.82, 2.24) is 24.1 Å². The number of benzene rings is 1. The van der Waals surface area contributed by atoms with Gasteiger partial charge >= 0.3 is 5.69 Å². The molecule has 3 heterocycles. The number of pyridine rings is 1. The molecular formula is C24H26N6O3. The zero-order valence-electron chi connectivity index (χ0n) is 18.7. The van der Waals surface area contributed by atoms with Crippen LogP contribution in [-0.2, 0) is 24.3 Å². The van der Waals surface area contributed by atoms with Crippen molar-refractivity contribution in [2.24, 2.45) is 0 Å². The van der Waals surface area contributed by atoms with E-state index in [1.807, 2.05) is 30.3 Å². The quantitative estimate of drug-likeness (QED) is 0.432. The predicted octanol–water partition coefficient (Wildman–Crippen LogP) is 2.68. The molecule has 1 amide bonds. The number of aryl methyl sites for hydroxylation is 1. The van der Waals surface area contributed by atoms with E-state index in [0.29, 0.717) is 35.6 Å². The standard InChI is InChI=1S/C24H26N6O3/c1-3-4-12-29-22-21(23(32)30(24(29)33)15-17-8-6-5-7-9-17)27-20(28-22)13-18-10-11-19(14-25-18)26-16(2)31/h5-11,14H,3-4,12-13,15H2,1-2H3,(H,26,31)(H,27,28). The lowest BCUT2D eigenvalue weighted by Crippen LogP contribution is -2.40. The van der Waals surface area contributed by atoms with E-state index in [1.165, 1.54) is 11.5 Å². The zero-order chi connectivity index (χ0) is 23.4. The van der Waals surface area contributed by atoms with Crippen LogP contribution in [0.3, 0.4) is 0 Å². The van der Waals surface area contributed by atoms with Crippen molar-refractivity contribution in [2.75, 3.05) is 5.32 Å². The van der Waals surface area contributed by atoms with E-state index in [4.69, 9.17) is 0 Å². The van der Waals surface area contributed by atoms with Crippen LogP contribution < -0.4 is 16.6 Å². The molecule has 0 radical (unpaired) electrons. The number of aromatic nitrogens is 5. The van der Waals surface area contributed by atoms with E-state index >= 15 is 0 Å². The van der Waals surface area contributed by atoms with Gasteiger partial charge < -0.3 is 10.3 Å². The molecule has 0 unspecified atom stereocenters. The summed E-state index contributed by atoms with van der Waals surface area (Å²) in [6.07, 6.45) is 3.64. The Kier molecular flexibility index (Phi) is 6.48. The normalized spacial score (nSPS) is 11.1. The summed E-state index contributed by atoms with van der Waals surface area (Å²) in [4.78, 5) is 49.7. The lowest BCUT2D eigenvalue weighted by atomic mass is 10.2. The van der Waals surface area contributed by atoms with E-state index in [1.54, 1.807) is 22.9 Å². The predicted molar refractivity (Wildman–Crippen MR) is 126 cm³/mol. The number of hydrogen-bond donors (Lipinski definition) is 2. The average molecular weight is 447 g/mol.